The van der Waals surface area contributed by atoms with E-state index >= 15 is 0 Å². The second kappa shape index (κ2) is 11.9. The number of unbranched alkanes of at least 4 members (excludes halogenated alkanes) is 5. The maximum Gasteiger partial charge on any atom is 0.307 e. The molecular formula is C12H25AlO4. The Morgan fingerprint density at radius 2 is 1.53 bits per heavy atom. The summed E-state index contributed by atoms with van der Waals surface area (Å²) in [5.41, 5.74) is 0. The van der Waals surface area contributed by atoms with Crippen LogP contribution in [0.15, 0.2) is 0 Å². The van der Waals surface area contributed by atoms with Gasteiger partial charge in [0.1, 0.15) is 0 Å². The largest absolute Gasteiger partial charge is 0.481 e. The first-order valence-electron chi connectivity index (χ1n) is 6.02. The number of hydrogen-bond acceptors (Lipinski definition) is 2. The van der Waals surface area contributed by atoms with E-state index in [9.17, 15) is 9.59 Å². The van der Waals surface area contributed by atoms with Crippen molar-refractivity contribution in [2.24, 2.45) is 5.92 Å². The normalized spacial score (nSPS) is 11.6. The van der Waals surface area contributed by atoms with Gasteiger partial charge in [-0.3, -0.25) is 9.59 Å². The Morgan fingerprint density at radius 1 is 1.00 bits per heavy atom. The average Bonchev–Trinajstić information content (AvgIpc) is 2.20. The Kier molecular flexibility index (Phi) is 13.2. The second-order valence-corrected chi connectivity index (χ2v) is 4.19. The lowest BCUT2D eigenvalue weighted by molar-refractivity contribution is -0.148. The highest BCUT2D eigenvalue weighted by molar-refractivity contribution is 5.77. The summed E-state index contributed by atoms with van der Waals surface area (Å²) in [7, 11) is 0. The molecule has 0 amide bonds. The van der Waals surface area contributed by atoms with Crippen molar-refractivity contribution in [3.63, 3.8) is 0 Å². The number of carboxylic acids is 2. The molecule has 1 unspecified atom stereocenters. The van der Waals surface area contributed by atoms with Crippen LogP contribution in [0.2, 0.25) is 0 Å². The quantitative estimate of drug-likeness (QED) is 0.463. The Balaban J connectivity index is 0. The van der Waals surface area contributed by atoms with Crippen molar-refractivity contribution in [2.45, 2.75) is 58.3 Å². The highest BCUT2D eigenvalue weighted by atomic mass is 27.0. The first-order valence-corrected chi connectivity index (χ1v) is 6.02. The van der Waals surface area contributed by atoms with Crippen LogP contribution in [0.4, 0.5) is 0 Å². The Bertz CT molecular complexity index is 219. The third-order valence-electron chi connectivity index (χ3n) is 2.68. The molecule has 0 saturated carbocycles. The topological polar surface area (TPSA) is 74.6 Å². The van der Waals surface area contributed by atoms with E-state index in [1.807, 2.05) is 0 Å². The Labute approximate surface area is 114 Å². The van der Waals surface area contributed by atoms with Gasteiger partial charge >= 0.3 is 11.9 Å². The third-order valence-corrected chi connectivity index (χ3v) is 2.68. The van der Waals surface area contributed by atoms with E-state index < -0.39 is 17.9 Å². The summed E-state index contributed by atoms with van der Waals surface area (Å²) in [5.74, 6) is -2.74. The minimum absolute atomic E-state index is 0. The van der Waals surface area contributed by atoms with E-state index in [1.54, 1.807) is 0 Å². The first kappa shape index (κ1) is 18.8. The fraction of sp³-hybridized carbons (Fsp3) is 0.833. The van der Waals surface area contributed by atoms with Crippen molar-refractivity contribution in [3.05, 3.63) is 0 Å². The third kappa shape index (κ3) is 11.7. The maximum absolute atomic E-state index is 10.7. The summed E-state index contributed by atoms with van der Waals surface area (Å²) >= 11 is 0. The van der Waals surface area contributed by atoms with Crippen LogP contribution < -0.4 is 0 Å². The number of aliphatic carboxylic acids is 2. The van der Waals surface area contributed by atoms with Gasteiger partial charge in [-0.05, 0) is 6.42 Å². The maximum atomic E-state index is 10.7. The van der Waals surface area contributed by atoms with Crippen LogP contribution in [0.5, 0.6) is 0 Å². The molecule has 4 nitrogen and oxygen atoms in total. The van der Waals surface area contributed by atoms with Crippen molar-refractivity contribution in [3.8, 4) is 0 Å². The van der Waals surface area contributed by atoms with E-state index in [-0.39, 0.29) is 23.8 Å². The zero-order chi connectivity index (χ0) is 12.4. The molecule has 17 heavy (non-hydrogen) atoms. The molecule has 0 aliphatic heterocycles. The van der Waals surface area contributed by atoms with Crippen molar-refractivity contribution in [1.29, 1.82) is 0 Å². The van der Waals surface area contributed by atoms with Crippen LogP contribution in [0, 0.1) is 5.92 Å². The number of carbonyl (C=O) groups is 2. The lowest BCUT2D eigenvalue weighted by Crippen LogP contribution is -2.17. The average molecular weight is 260 g/mol. The predicted molar refractivity (Wildman–Crippen MR) is 71.3 cm³/mol. The van der Waals surface area contributed by atoms with Gasteiger partial charge in [0.25, 0.3) is 0 Å². The zero-order valence-corrected chi connectivity index (χ0v) is 9.95. The predicted octanol–water partition coefficient (Wildman–Crippen LogP) is 1.73. The minimum atomic E-state index is -1.03. The molecule has 5 heteroatoms. The summed E-state index contributed by atoms with van der Waals surface area (Å²) in [6.45, 7) is 2.15. The Morgan fingerprint density at radius 3 is 2.00 bits per heavy atom. The molecule has 0 aromatic heterocycles. The second-order valence-electron chi connectivity index (χ2n) is 4.19. The molecule has 0 spiro atoms. The lowest BCUT2D eigenvalue weighted by Gasteiger charge is -2.09. The van der Waals surface area contributed by atoms with Gasteiger partial charge in [-0.2, -0.15) is 0 Å². The summed E-state index contributed by atoms with van der Waals surface area (Å²) in [6, 6.07) is 0. The van der Waals surface area contributed by atoms with Crippen LogP contribution in [0.1, 0.15) is 58.3 Å². The van der Waals surface area contributed by atoms with Gasteiger partial charge in [0.05, 0.1) is 12.3 Å². The lowest BCUT2D eigenvalue weighted by atomic mass is 9.97. The molecule has 0 bridgehead atoms. The monoisotopic (exact) mass is 260 g/mol. The van der Waals surface area contributed by atoms with Gasteiger partial charge in [-0.15, -0.1) is 0 Å². The molecule has 0 aliphatic carbocycles. The van der Waals surface area contributed by atoms with Gasteiger partial charge in [-0.25, -0.2) is 0 Å². The van der Waals surface area contributed by atoms with E-state index in [0.29, 0.717) is 6.42 Å². The van der Waals surface area contributed by atoms with Crippen molar-refractivity contribution in [1.82, 2.24) is 0 Å². The Hall–Kier alpha value is -0.528. The van der Waals surface area contributed by atoms with E-state index in [0.717, 1.165) is 19.3 Å². The fourth-order valence-electron chi connectivity index (χ4n) is 1.69. The zero-order valence-electron chi connectivity index (χ0n) is 9.95. The van der Waals surface area contributed by atoms with Crippen molar-refractivity contribution < 1.29 is 19.8 Å². The van der Waals surface area contributed by atoms with Crippen LogP contribution in [0.3, 0.4) is 0 Å². The smallest absolute Gasteiger partial charge is 0.307 e. The molecule has 100 valence electrons. The molecule has 0 radical (unpaired) electrons. The van der Waals surface area contributed by atoms with Crippen molar-refractivity contribution >= 4 is 29.3 Å². The summed E-state index contributed by atoms with van der Waals surface area (Å²) < 4.78 is 0. The molecule has 0 aliphatic rings. The molecule has 0 saturated heterocycles. The van der Waals surface area contributed by atoms with Crippen molar-refractivity contribution in [2.75, 3.05) is 0 Å². The van der Waals surface area contributed by atoms with Gasteiger partial charge in [0, 0.05) is 0 Å². The van der Waals surface area contributed by atoms with E-state index in [1.165, 1.54) is 19.3 Å². The van der Waals surface area contributed by atoms with Crippen LogP contribution >= 0.6 is 0 Å². The van der Waals surface area contributed by atoms with Crippen LogP contribution in [-0.4, -0.2) is 39.5 Å². The highest BCUT2D eigenvalue weighted by Crippen LogP contribution is 2.15. The fourth-order valence-corrected chi connectivity index (χ4v) is 1.69. The molecule has 0 fully saturated rings. The number of carboxylic acid groups (broad SMARTS) is 2. The van der Waals surface area contributed by atoms with Gasteiger partial charge in [-0.1, -0.05) is 45.4 Å². The van der Waals surface area contributed by atoms with Gasteiger partial charge in [0.2, 0.25) is 0 Å². The summed E-state index contributed by atoms with van der Waals surface area (Å²) in [5, 5.41) is 17.3. The SMILES string of the molecule is CCCCCCCCC(CC(=O)O)C(=O)O.[AlH3]. The van der Waals surface area contributed by atoms with Crippen LogP contribution in [-0.2, 0) is 9.59 Å². The molecule has 0 heterocycles. The molecule has 0 aromatic carbocycles. The van der Waals surface area contributed by atoms with Gasteiger partial charge in [0.15, 0.2) is 17.4 Å². The standard InChI is InChI=1S/C12H22O4.Al.3H/c1-2-3-4-5-6-7-8-10(12(15)16)9-11(13)14;;;;/h10H,2-9H2,1H3,(H,13,14)(H,15,16);;;;. The number of rotatable bonds is 10. The van der Waals surface area contributed by atoms with E-state index in [4.69, 9.17) is 10.2 Å². The molecule has 0 rings (SSSR count). The van der Waals surface area contributed by atoms with Gasteiger partial charge < -0.3 is 10.2 Å². The molecule has 2 N–H and O–H groups in total. The minimum Gasteiger partial charge on any atom is -0.481 e. The van der Waals surface area contributed by atoms with Crippen LogP contribution in [0.25, 0.3) is 0 Å². The highest BCUT2D eigenvalue weighted by Gasteiger charge is 2.19. The molecule has 1 atom stereocenters. The first-order chi connectivity index (χ1) is 7.57. The summed E-state index contributed by atoms with van der Waals surface area (Å²) in [6.07, 6.45) is 6.75. The molecule has 0 aromatic rings. The molecular weight excluding hydrogens is 235 g/mol. The number of hydrogen-bond donors (Lipinski definition) is 2. The summed E-state index contributed by atoms with van der Waals surface area (Å²) in [4.78, 5) is 21.2. The van der Waals surface area contributed by atoms with E-state index in [2.05, 4.69) is 6.92 Å².